The predicted octanol–water partition coefficient (Wildman–Crippen LogP) is 0.558. The fraction of sp³-hybridized carbons (Fsp3) is 1.00. The second kappa shape index (κ2) is 13.9. The lowest BCUT2D eigenvalue weighted by Gasteiger charge is -2.10. The van der Waals surface area contributed by atoms with Gasteiger partial charge in [-0.3, -0.25) is 0 Å². The summed E-state index contributed by atoms with van der Waals surface area (Å²) >= 11 is 0. The largest absolute Gasteiger partial charge is 0.394 e. The van der Waals surface area contributed by atoms with Crippen LogP contribution in [0.3, 0.4) is 0 Å². The van der Waals surface area contributed by atoms with Crippen LogP contribution >= 0.6 is 0 Å². The normalized spacial score (nSPS) is 15.7. The zero-order valence-corrected chi connectivity index (χ0v) is 11.4. The monoisotopic (exact) mass is 252 g/mol. The smallest absolute Gasteiger partial charge is 0.0779 e. The molecule has 0 aromatic heterocycles. The van der Waals surface area contributed by atoms with E-state index in [2.05, 4.69) is 6.92 Å². The molecule has 5 nitrogen and oxygen atoms in total. The maximum absolute atomic E-state index is 8.69. The van der Waals surface area contributed by atoms with Crippen molar-refractivity contribution in [2.24, 2.45) is 0 Å². The first-order valence-corrected chi connectivity index (χ1v) is 6.10. The van der Waals surface area contributed by atoms with Gasteiger partial charge in [0.2, 0.25) is 0 Å². The van der Waals surface area contributed by atoms with Crippen molar-refractivity contribution >= 4 is 0 Å². The molecule has 0 aliphatic rings. The van der Waals surface area contributed by atoms with E-state index in [0.29, 0.717) is 19.3 Å². The highest BCUT2D eigenvalue weighted by Gasteiger charge is 2.00. The van der Waals surface area contributed by atoms with Gasteiger partial charge in [-0.15, -0.1) is 0 Å². The van der Waals surface area contributed by atoms with Crippen molar-refractivity contribution in [3.8, 4) is 0 Å². The quantitative estimate of drug-likeness (QED) is 0.588. The molecule has 0 saturated heterocycles. The number of rotatable bonds is 8. The molecule has 5 heteroatoms. The summed E-state index contributed by atoms with van der Waals surface area (Å²) in [5.74, 6) is 0. The maximum Gasteiger partial charge on any atom is 0.0779 e. The third-order valence-corrected chi connectivity index (χ3v) is 1.95. The standard InChI is InChI=1S/C6H14O3.C6H14O2/c1-5(8)4-9-6(2)3-7;1-3-6(2)8-5-4-7/h5-8H,3-4H2,1-2H3;6-7H,3-5H2,1-2H3. The van der Waals surface area contributed by atoms with E-state index in [1.807, 2.05) is 6.92 Å². The molecule has 0 spiro atoms. The minimum absolute atomic E-state index is 0.00667. The van der Waals surface area contributed by atoms with Crippen LogP contribution in [0.2, 0.25) is 0 Å². The summed E-state index contributed by atoms with van der Waals surface area (Å²) in [5.41, 5.74) is 0. The van der Waals surface area contributed by atoms with Gasteiger partial charge in [-0.05, 0) is 27.2 Å². The van der Waals surface area contributed by atoms with Crippen LogP contribution in [0.25, 0.3) is 0 Å². The first-order valence-electron chi connectivity index (χ1n) is 6.10. The van der Waals surface area contributed by atoms with Gasteiger partial charge < -0.3 is 24.8 Å². The average Bonchev–Trinajstić information content (AvgIpc) is 2.33. The molecule has 0 aliphatic heterocycles. The van der Waals surface area contributed by atoms with Crippen molar-refractivity contribution in [2.75, 3.05) is 26.4 Å². The number of hydrogen-bond donors (Lipinski definition) is 3. The Morgan fingerprint density at radius 3 is 1.94 bits per heavy atom. The number of aliphatic hydroxyl groups is 3. The number of hydrogen-bond acceptors (Lipinski definition) is 5. The Morgan fingerprint density at radius 2 is 1.59 bits per heavy atom. The molecule has 0 fully saturated rings. The van der Waals surface area contributed by atoms with Gasteiger partial charge in [0, 0.05) is 0 Å². The predicted molar refractivity (Wildman–Crippen MR) is 67.0 cm³/mol. The van der Waals surface area contributed by atoms with Crippen molar-refractivity contribution in [1.82, 2.24) is 0 Å². The lowest BCUT2D eigenvalue weighted by atomic mass is 10.3. The van der Waals surface area contributed by atoms with Gasteiger partial charge in [-0.25, -0.2) is 0 Å². The molecule has 3 atom stereocenters. The lowest BCUT2D eigenvalue weighted by molar-refractivity contribution is -0.0177. The van der Waals surface area contributed by atoms with Crippen LogP contribution in [0.15, 0.2) is 0 Å². The third kappa shape index (κ3) is 18.4. The Balaban J connectivity index is 0. The summed E-state index contributed by atoms with van der Waals surface area (Å²) in [7, 11) is 0. The zero-order chi connectivity index (χ0) is 13.7. The highest BCUT2D eigenvalue weighted by molar-refractivity contribution is 4.47. The SMILES string of the molecule is CC(O)COC(C)CO.CCC(C)OCCO. The molecule has 3 N–H and O–H groups in total. The van der Waals surface area contributed by atoms with Gasteiger partial charge in [0.05, 0.1) is 44.7 Å². The molecule has 0 aromatic carbocycles. The topological polar surface area (TPSA) is 79.2 Å². The number of aliphatic hydroxyl groups excluding tert-OH is 3. The Morgan fingerprint density at radius 1 is 1.00 bits per heavy atom. The maximum atomic E-state index is 8.69. The van der Waals surface area contributed by atoms with Crippen molar-refractivity contribution in [3.63, 3.8) is 0 Å². The van der Waals surface area contributed by atoms with Gasteiger partial charge in [0.15, 0.2) is 0 Å². The van der Waals surface area contributed by atoms with Gasteiger partial charge in [-0.1, -0.05) is 6.92 Å². The first-order chi connectivity index (χ1) is 7.97. The van der Waals surface area contributed by atoms with E-state index in [1.165, 1.54) is 0 Å². The van der Waals surface area contributed by atoms with Crippen LogP contribution < -0.4 is 0 Å². The summed E-state index contributed by atoms with van der Waals surface area (Å²) in [4.78, 5) is 0. The van der Waals surface area contributed by atoms with Gasteiger partial charge >= 0.3 is 0 Å². The molecule has 0 aromatic rings. The van der Waals surface area contributed by atoms with Crippen LogP contribution in [-0.4, -0.2) is 60.1 Å². The molecule has 0 heterocycles. The summed E-state index contributed by atoms with van der Waals surface area (Å²) in [6, 6.07) is 0. The molecule has 0 saturated carbocycles. The summed E-state index contributed by atoms with van der Waals surface area (Å²) in [6.45, 7) is 8.35. The van der Waals surface area contributed by atoms with Crippen LogP contribution in [0, 0.1) is 0 Å². The van der Waals surface area contributed by atoms with E-state index in [0.717, 1.165) is 6.42 Å². The molecule has 17 heavy (non-hydrogen) atoms. The number of ether oxygens (including phenoxy) is 2. The molecule has 0 amide bonds. The molecule has 106 valence electrons. The lowest BCUT2D eigenvalue weighted by Crippen LogP contribution is -2.19. The van der Waals surface area contributed by atoms with E-state index in [-0.39, 0.29) is 19.3 Å². The van der Waals surface area contributed by atoms with Crippen LogP contribution in [0.1, 0.15) is 34.1 Å². The zero-order valence-electron chi connectivity index (χ0n) is 11.4. The minimum atomic E-state index is -0.445. The summed E-state index contributed by atoms with van der Waals surface area (Å²) < 4.78 is 10.0. The van der Waals surface area contributed by atoms with E-state index in [1.54, 1.807) is 13.8 Å². The summed E-state index contributed by atoms with van der Waals surface area (Å²) in [5, 5.41) is 25.4. The van der Waals surface area contributed by atoms with Crippen LogP contribution in [-0.2, 0) is 9.47 Å². The Kier molecular flexibility index (Phi) is 15.6. The Bertz CT molecular complexity index is 141. The molecule has 0 bridgehead atoms. The summed E-state index contributed by atoms with van der Waals surface area (Å²) in [6.07, 6.45) is 0.695. The molecule has 0 radical (unpaired) electrons. The van der Waals surface area contributed by atoms with Crippen molar-refractivity contribution in [2.45, 2.75) is 52.4 Å². The van der Waals surface area contributed by atoms with Gasteiger partial charge in [0.25, 0.3) is 0 Å². The van der Waals surface area contributed by atoms with Crippen LogP contribution in [0.5, 0.6) is 0 Å². The first kappa shape index (κ1) is 19.1. The molecule has 0 rings (SSSR count). The highest BCUT2D eigenvalue weighted by Crippen LogP contribution is 1.93. The Labute approximate surface area is 104 Å². The van der Waals surface area contributed by atoms with E-state index >= 15 is 0 Å². The van der Waals surface area contributed by atoms with Crippen molar-refractivity contribution < 1.29 is 24.8 Å². The van der Waals surface area contributed by atoms with Gasteiger partial charge in [0.1, 0.15) is 0 Å². The van der Waals surface area contributed by atoms with Crippen molar-refractivity contribution in [1.29, 1.82) is 0 Å². The fourth-order valence-corrected chi connectivity index (χ4v) is 0.728. The molecule has 3 unspecified atom stereocenters. The van der Waals surface area contributed by atoms with E-state index in [9.17, 15) is 0 Å². The molecular formula is C12H28O5. The second-order valence-electron chi connectivity index (χ2n) is 3.99. The average molecular weight is 252 g/mol. The molecule has 0 aliphatic carbocycles. The Hall–Kier alpha value is -0.200. The van der Waals surface area contributed by atoms with Crippen molar-refractivity contribution in [3.05, 3.63) is 0 Å². The minimum Gasteiger partial charge on any atom is -0.394 e. The van der Waals surface area contributed by atoms with E-state index in [4.69, 9.17) is 24.8 Å². The highest BCUT2D eigenvalue weighted by atomic mass is 16.5. The fourth-order valence-electron chi connectivity index (χ4n) is 0.728. The van der Waals surface area contributed by atoms with E-state index < -0.39 is 6.10 Å². The van der Waals surface area contributed by atoms with Gasteiger partial charge in [-0.2, -0.15) is 0 Å². The third-order valence-electron chi connectivity index (χ3n) is 1.95. The second-order valence-corrected chi connectivity index (χ2v) is 3.99. The van der Waals surface area contributed by atoms with Crippen LogP contribution in [0.4, 0.5) is 0 Å². The molecular weight excluding hydrogens is 224 g/mol.